The van der Waals surface area contributed by atoms with Gasteiger partial charge in [-0.15, -0.1) is 0 Å². The smallest absolute Gasteiger partial charge is 0.0808 e. The van der Waals surface area contributed by atoms with E-state index in [9.17, 15) is 0 Å². The Bertz CT molecular complexity index is 294. The van der Waals surface area contributed by atoms with Crippen molar-refractivity contribution in [3.63, 3.8) is 0 Å². The quantitative estimate of drug-likeness (QED) is 0.597. The Hall–Kier alpha value is -0.810. The van der Waals surface area contributed by atoms with E-state index in [2.05, 4.69) is 39.0 Å². The number of nitriles is 1. The van der Waals surface area contributed by atoms with Crippen molar-refractivity contribution >= 4 is 0 Å². The SMILES string of the molecule is CC(C)(C)OC1C2C=CC(C2)C1C#N. The molecule has 4 atom stereocenters. The summed E-state index contributed by atoms with van der Waals surface area (Å²) in [6.45, 7) is 6.16. The molecule has 2 aliphatic rings. The van der Waals surface area contributed by atoms with Crippen molar-refractivity contribution in [2.24, 2.45) is 17.8 Å². The van der Waals surface area contributed by atoms with Crippen LogP contribution in [0.4, 0.5) is 0 Å². The molecule has 1 fully saturated rings. The first kappa shape index (κ1) is 9.73. The number of rotatable bonds is 1. The first-order valence-corrected chi connectivity index (χ1v) is 5.27. The maximum absolute atomic E-state index is 9.09. The lowest BCUT2D eigenvalue weighted by Crippen LogP contribution is -2.35. The molecule has 0 aliphatic heterocycles. The lowest BCUT2D eigenvalue weighted by Gasteiger charge is -2.31. The molecule has 0 spiro atoms. The summed E-state index contributed by atoms with van der Waals surface area (Å²) in [4.78, 5) is 0. The first-order valence-electron chi connectivity index (χ1n) is 5.27. The lowest BCUT2D eigenvalue weighted by molar-refractivity contribution is -0.0818. The van der Waals surface area contributed by atoms with Crippen molar-refractivity contribution in [1.29, 1.82) is 5.26 Å². The number of nitrogens with zero attached hydrogens (tertiary/aromatic N) is 1. The van der Waals surface area contributed by atoms with Crippen LogP contribution in [0, 0.1) is 29.1 Å². The molecule has 0 saturated heterocycles. The normalized spacial score (nSPS) is 40.1. The fourth-order valence-electron chi connectivity index (χ4n) is 2.51. The molecule has 4 unspecified atom stereocenters. The van der Waals surface area contributed by atoms with Gasteiger partial charge < -0.3 is 4.74 Å². The van der Waals surface area contributed by atoms with E-state index in [1.54, 1.807) is 0 Å². The zero-order chi connectivity index (χ0) is 10.3. The summed E-state index contributed by atoms with van der Waals surface area (Å²) < 4.78 is 5.96. The molecule has 0 heterocycles. The highest BCUT2D eigenvalue weighted by Crippen LogP contribution is 2.46. The third-order valence-corrected chi connectivity index (χ3v) is 3.03. The second kappa shape index (κ2) is 3.10. The van der Waals surface area contributed by atoms with Gasteiger partial charge in [0.2, 0.25) is 0 Å². The van der Waals surface area contributed by atoms with Gasteiger partial charge in [-0.05, 0) is 33.1 Å². The van der Waals surface area contributed by atoms with Crippen LogP contribution in [0.3, 0.4) is 0 Å². The molecule has 2 aliphatic carbocycles. The van der Waals surface area contributed by atoms with Crippen LogP contribution in [0.25, 0.3) is 0 Å². The maximum atomic E-state index is 9.09. The van der Waals surface area contributed by atoms with Crippen LogP contribution >= 0.6 is 0 Å². The predicted octanol–water partition coefficient (Wildman–Crippen LogP) is 2.52. The molecule has 0 aromatic carbocycles. The van der Waals surface area contributed by atoms with Gasteiger partial charge in [0, 0.05) is 5.92 Å². The molecule has 14 heavy (non-hydrogen) atoms. The van der Waals surface area contributed by atoms with Crippen LogP contribution in [0.5, 0.6) is 0 Å². The molecule has 0 radical (unpaired) electrons. The average molecular weight is 191 g/mol. The Kier molecular flexibility index (Phi) is 2.16. The molecule has 1 saturated carbocycles. The van der Waals surface area contributed by atoms with Gasteiger partial charge in [-0.3, -0.25) is 0 Å². The van der Waals surface area contributed by atoms with Crippen LogP contribution in [-0.2, 0) is 4.74 Å². The van der Waals surface area contributed by atoms with Gasteiger partial charge in [-0.1, -0.05) is 12.2 Å². The third-order valence-electron chi connectivity index (χ3n) is 3.03. The molecule has 0 aromatic rings. The van der Waals surface area contributed by atoms with Crippen LogP contribution in [0.15, 0.2) is 12.2 Å². The first-order chi connectivity index (χ1) is 6.51. The Morgan fingerprint density at radius 1 is 1.29 bits per heavy atom. The summed E-state index contributed by atoms with van der Waals surface area (Å²) in [5, 5.41) is 9.09. The highest BCUT2D eigenvalue weighted by Gasteiger charge is 2.46. The Morgan fingerprint density at radius 2 is 1.93 bits per heavy atom. The molecule has 2 nitrogen and oxygen atoms in total. The van der Waals surface area contributed by atoms with Crippen LogP contribution in [-0.4, -0.2) is 11.7 Å². The second-order valence-electron chi connectivity index (χ2n) is 5.30. The molecular weight excluding hydrogens is 174 g/mol. The van der Waals surface area contributed by atoms with E-state index < -0.39 is 0 Å². The lowest BCUT2D eigenvalue weighted by atomic mass is 9.92. The minimum absolute atomic E-state index is 0.0734. The van der Waals surface area contributed by atoms with Crippen LogP contribution < -0.4 is 0 Å². The standard InChI is InChI=1S/C12H17NO/c1-12(2,3)14-11-9-5-4-8(6-9)10(11)7-13/h4-5,8-11H,6H2,1-3H3. The molecule has 2 heteroatoms. The zero-order valence-electron chi connectivity index (χ0n) is 9.03. The van der Waals surface area contributed by atoms with E-state index in [0.29, 0.717) is 11.8 Å². The molecular formula is C12H17NO. The molecule has 0 amide bonds. The molecule has 2 bridgehead atoms. The van der Waals surface area contributed by atoms with Crippen LogP contribution in [0.1, 0.15) is 27.2 Å². The highest BCUT2D eigenvalue weighted by molar-refractivity contribution is 5.19. The van der Waals surface area contributed by atoms with E-state index >= 15 is 0 Å². The van der Waals surface area contributed by atoms with Crippen molar-refractivity contribution < 1.29 is 4.74 Å². The van der Waals surface area contributed by atoms with Crippen molar-refractivity contribution in [2.45, 2.75) is 38.9 Å². The van der Waals surface area contributed by atoms with Crippen molar-refractivity contribution in [2.75, 3.05) is 0 Å². The van der Waals surface area contributed by atoms with Gasteiger partial charge >= 0.3 is 0 Å². The average Bonchev–Trinajstić information content (AvgIpc) is 2.60. The summed E-state index contributed by atoms with van der Waals surface area (Å²) in [7, 11) is 0. The summed E-state index contributed by atoms with van der Waals surface area (Å²) in [5.74, 6) is 0.991. The minimum Gasteiger partial charge on any atom is -0.371 e. The number of fused-ring (bicyclic) bond motifs is 2. The second-order valence-corrected chi connectivity index (χ2v) is 5.30. The molecule has 0 N–H and O–H groups in total. The van der Waals surface area contributed by atoms with E-state index in [0.717, 1.165) is 6.42 Å². The third kappa shape index (κ3) is 1.57. The number of hydrogen-bond acceptors (Lipinski definition) is 2. The summed E-state index contributed by atoms with van der Waals surface area (Å²) in [6.07, 6.45) is 5.63. The number of ether oxygens (including phenoxy) is 1. The number of allylic oxidation sites excluding steroid dienone is 1. The molecule has 76 valence electrons. The zero-order valence-corrected chi connectivity index (χ0v) is 9.03. The van der Waals surface area contributed by atoms with Crippen molar-refractivity contribution in [3.8, 4) is 6.07 Å². The van der Waals surface area contributed by atoms with Crippen LogP contribution in [0.2, 0.25) is 0 Å². The Labute approximate surface area is 85.6 Å². The van der Waals surface area contributed by atoms with Gasteiger partial charge in [0.1, 0.15) is 0 Å². The fourth-order valence-corrected chi connectivity index (χ4v) is 2.51. The van der Waals surface area contributed by atoms with Crippen molar-refractivity contribution in [1.82, 2.24) is 0 Å². The van der Waals surface area contributed by atoms with Crippen molar-refractivity contribution in [3.05, 3.63) is 12.2 Å². The summed E-state index contributed by atoms with van der Waals surface area (Å²) in [6, 6.07) is 2.39. The fraction of sp³-hybridized carbons (Fsp3) is 0.750. The van der Waals surface area contributed by atoms with Gasteiger partial charge in [-0.25, -0.2) is 0 Å². The van der Waals surface area contributed by atoms with Gasteiger partial charge in [-0.2, -0.15) is 5.26 Å². The van der Waals surface area contributed by atoms with E-state index in [-0.39, 0.29) is 17.6 Å². The van der Waals surface area contributed by atoms with Gasteiger partial charge in [0.05, 0.1) is 23.7 Å². The Morgan fingerprint density at radius 3 is 2.50 bits per heavy atom. The van der Waals surface area contributed by atoms with E-state index in [4.69, 9.17) is 10.00 Å². The Balaban J connectivity index is 2.13. The monoisotopic (exact) mass is 191 g/mol. The maximum Gasteiger partial charge on any atom is 0.0808 e. The minimum atomic E-state index is -0.141. The topological polar surface area (TPSA) is 33.0 Å². The highest BCUT2D eigenvalue weighted by atomic mass is 16.5. The van der Waals surface area contributed by atoms with E-state index in [1.807, 2.05) is 0 Å². The van der Waals surface area contributed by atoms with Gasteiger partial charge in [0.15, 0.2) is 0 Å². The van der Waals surface area contributed by atoms with E-state index in [1.165, 1.54) is 0 Å². The molecule has 0 aromatic heterocycles. The molecule has 2 rings (SSSR count). The summed E-state index contributed by atoms with van der Waals surface area (Å²) >= 11 is 0. The summed E-state index contributed by atoms with van der Waals surface area (Å²) in [5.41, 5.74) is -0.141. The largest absolute Gasteiger partial charge is 0.371 e. The van der Waals surface area contributed by atoms with Gasteiger partial charge in [0.25, 0.3) is 0 Å². The number of hydrogen-bond donors (Lipinski definition) is 0. The predicted molar refractivity (Wildman–Crippen MR) is 54.5 cm³/mol.